The van der Waals surface area contributed by atoms with Gasteiger partial charge in [-0.2, -0.15) is 0 Å². The van der Waals surface area contributed by atoms with Crippen molar-refractivity contribution in [2.24, 2.45) is 0 Å². The predicted molar refractivity (Wildman–Crippen MR) is 471 cm³/mol. The molecule has 39 nitrogen and oxygen atoms in total. The maximum Gasteiger partial charge on any atom is 0.355 e. The van der Waals surface area contributed by atoms with Gasteiger partial charge >= 0.3 is 84.8 Å². The summed E-state index contributed by atoms with van der Waals surface area (Å²) in [4.78, 5) is 187. The third-order valence-electron chi connectivity index (χ3n) is 15.9. The van der Waals surface area contributed by atoms with Crippen molar-refractivity contribution in [3.05, 3.63) is 0 Å². The van der Waals surface area contributed by atoms with Gasteiger partial charge in [-0.15, -0.1) is 0 Å². The van der Waals surface area contributed by atoms with E-state index in [0.29, 0.717) is 85.0 Å². The molecule has 0 aliphatic carbocycles. The number of ketones is 3. The third-order valence-corrected chi connectivity index (χ3v) is 15.9. The fourth-order valence-corrected chi connectivity index (χ4v) is 10.7. The van der Waals surface area contributed by atoms with E-state index in [1.807, 2.05) is 0 Å². The smallest absolute Gasteiger partial charge is 0.355 e. The summed E-state index contributed by atoms with van der Waals surface area (Å²) in [6, 6.07) is 0. The molecular weight excluding hydrogens is 1750 g/mol. The molecule has 0 aromatic rings. The summed E-state index contributed by atoms with van der Waals surface area (Å²) < 4.78 is 95.3. The van der Waals surface area contributed by atoms with Crippen LogP contribution in [0.25, 0.3) is 0 Å². The largest absolute Gasteiger partial charge is 0.481 e. The van der Waals surface area contributed by atoms with E-state index in [1.54, 1.807) is 125 Å². The van der Waals surface area contributed by atoms with Gasteiger partial charge in [0.2, 0.25) is 0 Å². The molecule has 0 bridgehead atoms. The van der Waals surface area contributed by atoms with E-state index >= 15 is 0 Å². The second-order valence-electron chi connectivity index (χ2n) is 31.0. The highest BCUT2D eigenvalue weighted by Crippen LogP contribution is 2.34. The molecule has 4 rings (SSSR count). The Bertz CT molecular complexity index is 3010. The molecule has 744 valence electrons. The van der Waals surface area contributed by atoms with Gasteiger partial charge in [0.05, 0.1) is 207 Å². The number of hydrogen-bond acceptors (Lipinski definition) is 35. The summed E-state index contributed by atoms with van der Waals surface area (Å²) in [5.74, 6) is -12.1. The number of aliphatic carboxylic acids is 5. The van der Waals surface area contributed by atoms with E-state index in [4.69, 9.17) is 107 Å². The molecule has 2 atom stereocenters. The number of carboxylic acids is 5. The van der Waals surface area contributed by atoms with Crippen LogP contribution >= 0.6 is 15.9 Å². The first kappa shape index (κ1) is 129. The van der Waals surface area contributed by atoms with Gasteiger partial charge in [-0.05, 0) is 125 Å². The summed E-state index contributed by atoms with van der Waals surface area (Å²) in [5, 5.41) is 42.1. The Labute approximate surface area is 764 Å². The van der Waals surface area contributed by atoms with Gasteiger partial charge in [0, 0.05) is 89.9 Å². The molecule has 128 heavy (non-hydrogen) atoms. The number of Topliss-reactive ketones (excluding diaryl/α,β-unsaturated/α-hetero) is 3. The average Bonchev–Trinajstić information content (AvgIpc) is 1.72. The summed E-state index contributed by atoms with van der Waals surface area (Å²) in [5.41, 5.74) is 0. The minimum Gasteiger partial charge on any atom is -0.481 e. The topological polar surface area (TPSA) is 548 Å². The molecule has 2 unspecified atom stereocenters. The lowest BCUT2D eigenvalue weighted by molar-refractivity contribution is -0.180. The van der Waals surface area contributed by atoms with Gasteiger partial charge in [-0.3, -0.25) is 81.5 Å². The first-order valence-electron chi connectivity index (χ1n) is 42.7. The zero-order chi connectivity index (χ0) is 98.1. The predicted octanol–water partition coefficient (Wildman–Crippen LogP) is 12.7. The normalized spacial score (nSPS) is 14.6. The van der Waals surface area contributed by atoms with Crippen molar-refractivity contribution in [3.63, 3.8) is 0 Å². The van der Waals surface area contributed by atoms with Gasteiger partial charge < -0.3 is 106 Å². The Kier molecular flexibility index (Phi) is 76.3. The second-order valence-corrected chi connectivity index (χ2v) is 33.7. The van der Waals surface area contributed by atoms with E-state index in [0.717, 1.165) is 0 Å². The molecule has 0 aromatic heterocycles. The number of esters is 9. The Morgan fingerprint density at radius 1 is 0.250 bits per heavy atom. The zero-order valence-corrected chi connectivity index (χ0v) is 79.6. The molecule has 0 saturated carbocycles. The number of hydrogen-bond donors (Lipinski definition) is 5. The van der Waals surface area contributed by atoms with E-state index in [1.165, 1.54) is 0 Å². The molecule has 4 fully saturated rings. The van der Waals surface area contributed by atoms with Crippen LogP contribution in [-0.4, -0.2) is 259 Å². The molecule has 42 heteroatoms. The minimum absolute atomic E-state index is 0. The number of carbonyl (C=O) groups excluding carboxylic acids is 12. The quantitative estimate of drug-likeness (QED) is 0.0214. The van der Waals surface area contributed by atoms with Crippen molar-refractivity contribution in [2.75, 3.05) is 52.9 Å². The van der Waals surface area contributed by atoms with Gasteiger partial charge in [-0.1, -0.05) is 14.9 Å². The van der Waals surface area contributed by atoms with Gasteiger partial charge in [0.15, 0.2) is 41.9 Å². The monoisotopic (exact) mass is 1900 g/mol. The Balaban J connectivity index is -0.000000340. The fraction of sp³-hybridized carbons (Fsp3) is 0.802. The summed E-state index contributed by atoms with van der Waals surface area (Å²) in [6.07, 6.45) is 1.96. The van der Waals surface area contributed by atoms with Crippen LogP contribution in [0.15, 0.2) is 0 Å². The molecule has 4 aliphatic heterocycles. The first-order chi connectivity index (χ1) is 59.0. The lowest BCUT2D eigenvalue weighted by Gasteiger charge is -2.27. The average molecular weight is 1910 g/mol. The summed E-state index contributed by atoms with van der Waals surface area (Å²) in [7, 11) is 2.20. The Hall–Kier alpha value is -7.78. The van der Waals surface area contributed by atoms with E-state index < -0.39 is 60.0 Å². The Morgan fingerprint density at radius 2 is 0.359 bits per heavy atom. The maximum absolute atomic E-state index is 11.6. The maximum atomic E-state index is 11.6. The molecular formula is C86H151O39P2S+. The van der Waals surface area contributed by atoms with Crippen LogP contribution in [0.1, 0.15) is 319 Å². The fourth-order valence-electron chi connectivity index (χ4n) is 10.7. The van der Waals surface area contributed by atoms with Crippen LogP contribution in [0, 0.1) is 0 Å². The van der Waals surface area contributed by atoms with Crippen LogP contribution in [0.4, 0.5) is 0 Å². The number of carbonyl (C=O) groups is 17. The van der Waals surface area contributed by atoms with Crippen LogP contribution in [0.3, 0.4) is 0 Å². The van der Waals surface area contributed by atoms with Crippen LogP contribution < -0.4 is 0 Å². The summed E-state index contributed by atoms with van der Waals surface area (Å²) >= 11 is 4.31. The van der Waals surface area contributed by atoms with Crippen LogP contribution in [-0.2, 0) is 174 Å². The minimum atomic E-state index is -1.04. The molecule has 0 amide bonds. The Morgan fingerprint density at radius 3 is 0.477 bits per heavy atom. The number of rotatable bonds is 51. The van der Waals surface area contributed by atoms with Crippen LogP contribution in [0.5, 0.6) is 0 Å². The molecule has 4 saturated heterocycles. The zero-order valence-electron chi connectivity index (χ0n) is 77.7. The molecule has 0 spiro atoms. The van der Waals surface area contributed by atoms with Gasteiger partial charge in [0.25, 0.3) is 0 Å². The van der Waals surface area contributed by atoms with Crippen LogP contribution in [0.2, 0.25) is 0 Å². The van der Waals surface area contributed by atoms with E-state index in [2.05, 4.69) is 20.7 Å². The van der Waals surface area contributed by atoms with Crippen molar-refractivity contribution in [1.29, 1.82) is 1.28 Å². The molecule has 4 aliphatic rings. The SMILES string of the molecule is C.C.CC(C)OC(=O)CCC(=O)CCC(=O)OC(C)C.CC(C)OC(=O)CCC(=O)CCC(=O)OC(C)C.CC(C)OC(=O)CCC1(CCC(=O)O)OCCO1.CC(C)OC(=O)CCC1(CCC(=O)OC(C)C)OCCO1.CC(C)OC(=O)CCC1(CCC(=O)OC(C)C)OCCO1.O=C(O)CCC(=O)CCC(=O)O.O=C(O)CCC1(CCC(=O)O)OCCO1.[3H][P+](P)=S. The number of ether oxygens (including phenoxy) is 17. The van der Waals surface area contributed by atoms with Crippen molar-refractivity contribution < 1.29 is 188 Å². The standard InChI is InChI=1S/2C15H26O6.2C13H22O5.C12H20O6.C9H14O6.C7H10O5.2CH4.H2P2S/c2*1-11(2)20-13(16)5-7-15(18-9-10-19-15)8-6-14(17)21-12(3)4;2*1-9(2)17-12(15)7-5-11(14)6-8-13(16)18-10(3)4;1-9(2)18-11(15)4-6-12(5-3-10(13)14)16-7-8-17-12;10-7(11)1-3-9(4-2-8(12)13)14-5-6-15-9;8-5(1-3-6(9)10)2-4-7(11)12;;;1-2-3/h2*11-12H,5-10H2,1-4H3;2*9-10H,5-8H2,1-4H3;9H,3-8H2,1-2H3,(H,13,14);1-6H2,(H,10,11)(H,12,13);1-4H2,(H,9,10)(H,11,12);2*1H4;1H2/p+1/i/hT. The van der Waals surface area contributed by atoms with Crippen molar-refractivity contribution in [1.82, 2.24) is 0 Å². The number of carboxylic acid groups (broad SMARTS) is 5. The second kappa shape index (κ2) is 75.8. The van der Waals surface area contributed by atoms with E-state index in [9.17, 15) is 81.5 Å². The van der Waals surface area contributed by atoms with Crippen molar-refractivity contribution in [3.8, 4) is 0 Å². The first-order valence-corrected chi connectivity index (χ1v) is 45.7. The highest BCUT2D eigenvalue weighted by Gasteiger charge is 2.41. The summed E-state index contributed by atoms with van der Waals surface area (Å²) in [6.45, 7) is 34.6. The van der Waals surface area contributed by atoms with E-state index in [-0.39, 0.29) is 289 Å². The highest BCUT2D eigenvalue weighted by atomic mass is 32.6. The lowest BCUT2D eigenvalue weighted by atomic mass is 10.0. The van der Waals surface area contributed by atoms with Crippen molar-refractivity contribution in [2.45, 2.75) is 397 Å². The third kappa shape index (κ3) is 80.3. The molecule has 0 aromatic carbocycles. The van der Waals surface area contributed by atoms with Gasteiger partial charge in [0.1, 0.15) is 17.3 Å². The van der Waals surface area contributed by atoms with Crippen molar-refractivity contribution >= 4 is 129 Å². The highest BCUT2D eigenvalue weighted by molar-refractivity contribution is 8.24. The molecule has 0 radical (unpaired) electrons. The molecule has 4 heterocycles. The molecule has 5 N–H and O–H groups in total. The van der Waals surface area contributed by atoms with Gasteiger partial charge in [-0.25, -0.2) is 0 Å². The lowest BCUT2D eigenvalue weighted by Crippen LogP contribution is -2.32.